The first-order valence-corrected chi connectivity index (χ1v) is 7.41. The first kappa shape index (κ1) is 12.3. The van der Waals surface area contributed by atoms with Crippen LogP contribution in [0.25, 0.3) is 0 Å². The van der Waals surface area contributed by atoms with Crippen molar-refractivity contribution in [2.75, 3.05) is 12.3 Å². The fourth-order valence-corrected chi connectivity index (χ4v) is 2.98. The monoisotopic (exact) mass is 300 g/mol. The van der Waals surface area contributed by atoms with Gasteiger partial charge in [-0.3, -0.25) is 0 Å². The molecule has 1 atom stereocenters. The third kappa shape index (κ3) is 2.25. The molecule has 0 spiro atoms. The second-order valence-corrected chi connectivity index (χ2v) is 5.69. The lowest BCUT2D eigenvalue weighted by molar-refractivity contribution is 0.332. The van der Waals surface area contributed by atoms with Gasteiger partial charge in [0.1, 0.15) is 12.4 Å². The second-order valence-electron chi connectivity index (χ2n) is 4.80. The summed E-state index contributed by atoms with van der Waals surface area (Å²) in [7, 11) is 0. The lowest BCUT2D eigenvalue weighted by Crippen LogP contribution is -2.04. The van der Waals surface area contributed by atoms with E-state index in [0.717, 1.165) is 17.0 Å². The Hall–Kier alpha value is -2.41. The van der Waals surface area contributed by atoms with E-state index in [1.807, 2.05) is 29.6 Å². The summed E-state index contributed by atoms with van der Waals surface area (Å²) in [6.45, 7) is 0.544. The molecule has 2 N–H and O–H groups in total. The number of hydrogen-bond acceptors (Lipinski definition) is 7. The number of hydrogen-bond donors (Lipinski definition) is 1. The van der Waals surface area contributed by atoms with Gasteiger partial charge in [0.25, 0.3) is 0 Å². The molecule has 7 heteroatoms. The van der Waals surface area contributed by atoms with Gasteiger partial charge in [-0.1, -0.05) is 23.4 Å². The van der Waals surface area contributed by atoms with E-state index >= 15 is 0 Å². The molecule has 0 amide bonds. The van der Waals surface area contributed by atoms with Crippen molar-refractivity contribution in [1.82, 2.24) is 15.1 Å². The maximum atomic E-state index is 5.65. The predicted octanol–water partition coefficient (Wildman–Crippen LogP) is 2.22. The SMILES string of the molecule is Nc1nc(Cc2nc(C3COc4ccccc43)no2)cs1. The Bertz CT molecular complexity index is 783. The zero-order chi connectivity index (χ0) is 14.2. The summed E-state index contributed by atoms with van der Waals surface area (Å²) in [5, 5.41) is 6.52. The van der Waals surface area contributed by atoms with E-state index in [-0.39, 0.29) is 5.92 Å². The molecule has 1 aromatic carbocycles. The average Bonchev–Trinajstić information content (AvgIpc) is 3.19. The predicted molar refractivity (Wildman–Crippen MR) is 77.4 cm³/mol. The van der Waals surface area contributed by atoms with Crippen molar-refractivity contribution < 1.29 is 9.26 Å². The number of nitrogen functional groups attached to an aromatic ring is 1. The quantitative estimate of drug-likeness (QED) is 0.798. The minimum absolute atomic E-state index is 0.0270. The normalized spacial score (nSPS) is 16.7. The molecule has 3 heterocycles. The van der Waals surface area contributed by atoms with E-state index in [1.54, 1.807) is 0 Å². The molecule has 2 aromatic heterocycles. The summed E-state index contributed by atoms with van der Waals surface area (Å²) in [4.78, 5) is 8.65. The molecular weight excluding hydrogens is 288 g/mol. The maximum Gasteiger partial charge on any atom is 0.232 e. The highest BCUT2D eigenvalue weighted by molar-refractivity contribution is 7.13. The molecule has 21 heavy (non-hydrogen) atoms. The summed E-state index contributed by atoms with van der Waals surface area (Å²) in [5.74, 6) is 2.11. The van der Waals surface area contributed by atoms with Crippen LogP contribution >= 0.6 is 11.3 Å². The van der Waals surface area contributed by atoms with Crippen LogP contribution < -0.4 is 10.5 Å². The number of thiazole rings is 1. The van der Waals surface area contributed by atoms with Crippen molar-refractivity contribution in [3.05, 3.63) is 52.6 Å². The van der Waals surface area contributed by atoms with Crippen LogP contribution in [0, 0.1) is 0 Å². The second kappa shape index (κ2) is 4.85. The van der Waals surface area contributed by atoms with Crippen LogP contribution in [-0.2, 0) is 6.42 Å². The number of nitrogens with two attached hydrogens (primary N) is 1. The Kier molecular flexibility index (Phi) is 2.85. The van der Waals surface area contributed by atoms with Crippen molar-refractivity contribution in [3.8, 4) is 5.75 Å². The Morgan fingerprint density at radius 1 is 1.29 bits per heavy atom. The van der Waals surface area contributed by atoms with E-state index in [4.69, 9.17) is 15.0 Å². The molecule has 106 valence electrons. The highest BCUT2D eigenvalue weighted by Gasteiger charge is 2.29. The van der Waals surface area contributed by atoms with Gasteiger partial charge in [-0.2, -0.15) is 4.98 Å². The molecule has 0 bridgehead atoms. The van der Waals surface area contributed by atoms with E-state index in [2.05, 4.69) is 15.1 Å². The Morgan fingerprint density at radius 3 is 3.05 bits per heavy atom. The first-order chi connectivity index (χ1) is 10.3. The molecule has 6 nitrogen and oxygen atoms in total. The summed E-state index contributed by atoms with van der Waals surface area (Å²) >= 11 is 1.40. The third-order valence-electron chi connectivity index (χ3n) is 3.40. The first-order valence-electron chi connectivity index (χ1n) is 6.53. The van der Waals surface area contributed by atoms with Crippen molar-refractivity contribution in [3.63, 3.8) is 0 Å². The Balaban J connectivity index is 1.58. The van der Waals surface area contributed by atoms with Crippen LogP contribution in [0.15, 0.2) is 34.2 Å². The van der Waals surface area contributed by atoms with E-state index in [1.165, 1.54) is 11.3 Å². The number of anilines is 1. The molecule has 0 aliphatic carbocycles. The summed E-state index contributed by atoms with van der Waals surface area (Å²) in [6.07, 6.45) is 0.496. The molecule has 0 radical (unpaired) electrons. The largest absolute Gasteiger partial charge is 0.492 e. The van der Waals surface area contributed by atoms with Gasteiger partial charge in [0.2, 0.25) is 5.89 Å². The number of rotatable bonds is 3. The maximum absolute atomic E-state index is 5.65. The van der Waals surface area contributed by atoms with Gasteiger partial charge in [-0.05, 0) is 6.07 Å². The van der Waals surface area contributed by atoms with Gasteiger partial charge >= 0.3 is 0 Å². The number of nitrogens with zero attached hydrogens (tertiary/aromatic N) is 3. The average molecular weight is 300 g/mol. The minimum Gasteiger partial charge on any atom is -0.492 e. The van der Waals surface area contributed by atoms with Crippen LogP contribution in [0.3, 0.4) is 0 Å². The fraction of sp³-hybridized carbons (Fsp3) is 0.214. The molecular formula is C14H12N4O2S. The van der Waals surface area contributed by atoms with Gasteiger partial charge < -0.3 is 15.0 Å². The zero-order valence-corrected chi connectivity index (χ0v) is 11.8. The highest BCUT2D eigenvalue weighted by atomic mass is 32.1. The molecule has 4 rings (SSSR count). The Morgan fingerprint density at radius 2 is 2.19 bits per heavy atom. The van der Waals surface area contributed by atoms with E-state index in [0.29, 0.717) is 29.9 Å². The number of para-hydroxylation sites is 1. The smallest absolute Gasteiger partial charge is 0.232 e. The molecule has 0 saturated heterocycles. The molecule has 3 aromatic rings. The van der Waals surface area contributed by atoms with Crippen LogP contribution in [0.2, 0.25) is 0 Å². The van der Waals surface area contributed by atoms with E-state index in [9.17, 15) is 0 Å². The van der Waals surface area contributed by atoms with Crippen molar-refractivity contribution in [2.45, 2.75) is 12.3 Å². The van der Waals surface area contributed by atoms with Gasteiger partial charge in [-0.15, -0.1) is 11.3 Å². The Labute approximate surface area is 124 Å². The highest BCUT2D eigenvalue weighted by Crippen LogP contribution is 2.36. The molecule has 0 saturated carbocycles. The van der Waals surface area contributed by atoms with Gasteiger partial charge in [0.05, 0.1) is 18.0 Å². The van der Waals surface area contributed by atoms with Crippen molar-refractivity contribution >= 4 is 16.5 Å². The van der Waals surface area contributed by atoms with Gasteiger partial charge in [0, 0.05) is 10.9 Å². The van der Waals surface area contributed by atoms with Crippen molar-refractivity contribution in [2.24, 2.45) is 0 Å². The summed E-state index contributed by atoms with van der Waals surface area (Å²) in [5.41, 5.74) is 7.56. The number of fused-ring (bicyclic) bond motifs is 1. The number of ether oxygens (including phenoxy) is 1. The summed E-state index contributed by atoms with van der Waals surface area (Å²) < 4.78 is 11.0. The summed E-state index contributed by atoms with van der Waals surface area (Å²) in [6, 6.07) is 7.92. The topological polar surface area (TPSA) is 87.1 Å². The third-order valence-corrected chi connectivity index (χ3v) is 4.12. The molecule has 0 fully saturated rings. The van der Waals surface area contributed by atoms with Gasteiger partial charge in [-0.25, -0.2) is 4.98 Å². The standard InChI is InChI=1S/C14H12N4O2S/c15-14-16-8(7-21-14)5-12-17-13(18-20-12)10-6-19-11-4-2-1-3-9(10)11/h1-4,7,10H,5-6H2,(H2,15,16). The molecule has 1 unspecified atom stereocenters. The van der Waals surface area contributed by atoms with Gasteiger partial charge in [0.15, 0.2) is 11.0 Å². The van der Waals surface area contributed by atoms with Crippen LogP contribution in [0.1, 0.15) is 28.9 Å². The fourth-order valence-electron chi connectivity index (χ4n) is 2.42. The molecule has 1 aliphatic rings. The lowest BCUT2D eigenvalue weighted by atomic mass is 10.0. The lowest BCUT2D eigenvalue weighted by Gasteiger charge is -2.01. The number of benzene rings is 1. The van der Waals surface area contributed by atoms with Crippen molar-refractivity contribution in [1.29, 1.82) is 0 Å². The zero-order valence-electron chi connectivity index (χ0n) is 11.0. The van der Waals surface area contributed by atoms with Crippen LogP contribution in [-0.4, -0.2) is 21.7 Å². The van der Waals surface area contributed by atoms with Crippen LogP contribution in [0.4, 0.5) is 5.13 Å². The molecule has 1 aliphatic heterocycles. The minimum atomic E-state index is 0.0270. The van der Waals surface area contributed by atoms with E-state index < -0.39 is 0 Å². The van der Waals surface area contributed by atoms with Crippen LogP contribution in [0.5, 0.6) is 5.75 Å². The number of aromatic nitrogens is 3.